The number of nitrogens with zero attached hydrogens (tertiary/aromatic N) is 4. The lowest BCUT2D eigenvalue weighted by molar-refractivity contribution is -0.0200. The number of hydroxylamine groups is 1. The molecule has 1 unspecified atom stereocenters. The molecular formula is C28H28Cl2N6O5S. The van der Waals surface area contributed by atoms with Crippen molar-refractivity contribution in [1.29, 1.82) is 0 Å². The summed E-state index contributed by atoms with van der Waals surface area (Å²) in [6, 6.07) is 22.1. The Morgan fingerprint density at radius 1 is 1.00 bits per heavy atom. The molecule has 0 fully saturated rings. The first-order valence-corrected chi connectivity index (χ1v) is 14.8. The molecule has 1 heterocycles. The predicted octanol–water partition coefficient (Wildman–Crippen LogP) is 5.31. The number of nitrogens with two attached hydrogens (primary N) is 1. The Bertz CT molecular complexity index is 1620. The summed E-state index contributed by atoms with van der Waals surface area (Å²) < 4.78 is 35.6. The van der Waals surface area contributed by atoms with Gasteiger partial charge in [0.2, 0.25) is 5.96 Å². The summed E-state index contributed by atoms with van der Waals surface area (Å²) in [7, 11) is -4.31. The summed E-state index contributed by atoms with van der Waals surface area (Å²) in [5.74, 6) is -1.15. The van der Waals surface area contributed by atoms with Gasteiger partial charge in [-0.25, -0.2) is 9.80 Å². The number of aliphatic imine (C=N–C) groups is 1. The Labute approximate surface area is 253 Å². The Morgan fingerprint density at radius 3 is 2.19 bits per heavy atom. The molecule has 3 N–H and O–H groups in total. The van der Waals surface area contributed by atoms with E-state index < -0.39 is 27.7 Å². The summed E-state index contributed by atoms with van der Waals surface area (Å²) >= 11 is 12.0. The average molecular weight is 632 g/mol. The number of halogens is 2. The van der Waals surface area contributed by atoms with Crippen LogP contribution in [0, 0.1) is 0 Å². The lowest BCUT2D eigenvalue weighted by atomic mass is 9.91. The standard InChI is InChI=1S/C28H28Cl2N6O5S/c1-28(2,3)40-27(37)41-34-25(31)32-26(35-42(38,39)22-15-13-21(30)14-16-22)36-17-23(18-7-5-4-6-8-18)24(33-36)19-9-11-20(29)12-10-19/h4-16,23H,17H2,1-3H3,(H3,31,32,34,35). The number of hydrogen-bond acceptors (Lipinski definition) is 6. The van der Waals surface area contributed by atoms with Crippen LogP contribution in [0.15, 0.2) is 98.2 Å². The Hall–Kier alpha value is -4.13. The van der Waals surface area contributed by atoms with E-state index in [-0.39, 0.29) is 23.3 Å². The van der Waals surface area contributed by atoms with Gasteiger partial charge in [-0.05, 0) is 68.3 Å². The first-order valence-electron chi connectivity index (χ1n) is 12.6. The molecule has 14 heteroatoms. The van der Waals surface area contributed by atoms with Crippen molar-refractivity contribution in [3.05, 3.63) is 100 Å². The van der Waals surface area contributed by atoms with Crippen LogP contribution >= 0.6 is 23.2 Å². The number of nitrogens with one attached hydrogen (secondary N) is 1. The summed E-state index contributed by atoms with van der Waals surface area (Å²) in [4.78, 5) is 20.8. The zero-order valence-electron chi connectivity index (χ0n) is 22.9. The van der Waals surface area contributed by atoms with Crippen LogP contribution in [0.5, 0.6) is 0 Å². The zero-order chi connectivity index (χ0) is 30.5. The molecule has 42 heavy (non-hydrogen) atoms. The minimum Gasteiger partial charge on any atom is -0.427 e. The number of benzene rings is 3. The fourth-order valence-corrected chi connectivity index (χ4v) is 5.03. The number of carbonyl (C=O) groups excluding carboxylic acids is 1. The smallest absolute Gasteiger partial charge is 0.427 e. The average Bonchev–Trinajstić information content (AvgIpc) is 3.37. The number of ether oxygens (including phenoxy) is 1. The van der Waals surface area contributed by atoms with E-state index in [1.165, 1.54) is 29.3 Å². The lowest BCUT2D eigenvalue weighted by Gasteiger charge is -2.19. The summed E-state index contributed by atoms with van der Waals surface area (Å²) in [5, 5.41) is 6.92. The van der Waals surface area contributed by atoms with Crippen molar-refractivity contribution in [2.45, 2.75) is 37.2 Å². The van der Waals surface area contributed by atoms with Crippen molar-refractivity contribution in [3.8, 4) is 0 Å². The maximum absolute atomic E-state index is 13.3. The van der Waals surface area contributed by atoms with Crippen molar-refractivity contribution in [2.75, 3.05) is 6.54 Å². The van der Waals surface area contributed by atoms with Crippen LogP contribution in [-0.2, 0) is 19.6 Å². The first-order chi connectivity index (χ1) is 19.8. The van der Waals surface area contributed by atoms with Crippen LogP contribution in [-0.4, -0.2) is 49.4 Å². The van der Waals surface area contributed by atoms with Gasteiger partial charge in [0, 0.05) is 16.0 Å². The van der Waals surface area contributed by atoms with Gasteiger partial charge in [-0.1, -0.05) is 65.7 Å². The van der Waals surface area contributed by atoms with Crippen LogP contribution in [0.1, 0.15) is 37.8 Å². The van der Waals surface area contributed by atoms with Gasteiger partial charge in [-0.15, -0.1) is 4.40 Å². The molecule has 220 valence electrons. The molecule has 0 aromatic heterocycles. The third kappa shape index (κ3) is 8.21. The zero-order valence-corrected chi connectivity index (χ0v) is 25.2. The van der Waals surface area contributed by atoms with Gasteiger partial charge < -0.3 is 15.3 Å². The quantitative estimate of drug-likeness (QED) is 0.170. The van der Waals surface area contributed by atoms with Gasteiger partial charge in [-0.3, -0.25) is 0 Å². The third-order valence-corrected chi connectivity index (χ3v) is 7.42. The van der Waals surface area contributed by atoms with Gasteiger partial charge in [0.1, 0.15) is 5.60 Å². The second-order valence-corrected chi connectivity index (χ2v) is 12.5. The number of hydrazone groups is 1. The maximum Gasteiger partial charge on any atom is 0.533 e. The number of rotatable bonds is 4. The maximum atomic E-state index is 13.3. The fraction of sp³-hybridized carbons (Fsp3) is 0.214. The highest BCUT2D eigenvalue weighted by Crippen LogP contribution is 2.30. The van der Waals surface area contributed by atoms with Crippen molar-refractivity contribution in [3.63, 3.8) is 0 Å². The van der Waals surface area contributed by atoms with Gasteiger partial charge in [-0.2, -0.15) is 24.0 Å². The molecule has 0 aliphatic carbocycles. The van der Waals surface area contributed by atoms with Gasteiger partial charge >= 0.3 is 6.16 Å². The number of sulfonamides is 1. The molecule has 0 bridgehead atoms. The number of carbonyl (C=O) groups is 1. The molecule has 1 atom stereocenters. The van der Waals surface area contributed by atoms with Crippen LogP contribution in [0.25, 0.3) is 0 Å². The molecular weight excluding hydrogens is 603 g/mol. The monoisotopic (exact) mass is 630 g/mol. The highest BCUT2D eigenvalue weighted by molar-refractivity contribution is 7.90. The van der Waals surface area contributed by atoms with E-state index in [1.54, 1.807) is 32.9 Å². The second-order valence-electron chi connectivity index (χ2n) is 10.0. The van der Waals surface area contributed by atoms with E-state index in [4.69, 9.17) is 43.6 Å². The first kappa shape index (κ1) is 30.8. The topological polar surface area (TPSA) is 148 Å². The van der Waals surface area contributed by atoms with Gasteiger partial charge in [0.25, 0.3) is 16.0 Å². The Kier molecular flexibility index (Phi) is 9.40. The molecule has 0 amide bonds. The molecule has 0 spiro atoms. The largest absolute Gasteiger partial charge is 0.533 e. The Morgan fingerprint density at radius 2 is 1.60 bits per heavy atom. The number of hydrogen-bond donors (Lipinski definition) is 2. The van der Waals surface area contributed by atoms with Crippen molar-refractivity contribution in [1.82, 2.24) is 10.5 Å². The third-order valence-electron chi connectivity index (χ3n) is 5.65. The molecule has 1 aliphatic rings. The summed E-state index contributed by atoms with van der Waals surface area (Å²) in [6.45, 7) is 5.14. The van der Waals surface area contributed by atoms with E-state index in [0.717, 1.165) is 11.1 Å². The van der Waals surface area contributed by atoms with Crippen LogP contribution in [0.3, 0.4) is 0 Å². The lowest BCUT2D eigenvalue weighted by Crippen LogP contribution is -2.38. The van der Waals surface area contributed by atoms with Gasteiger partial charge in [0.05, 0.1) is 17.2 Å². The molecule has 0 saturated heterocycles. The van der Waals surface area contributed by atoms with Gasteiger partial charge in [0.15, 0.2) is 0 Å². The SMILES string of the molecule is CC(C)(C)OC(=O)ON/C(N)=N/C(=N\S(=O)(=O)c1ccc(Cl)cc1)N1CC(c2ccccc2)C(c2ccc(Cl)cc2)=N1. The normalized spacial score (nSPS) is 16.2. The van der Waals surface area contributed by atoms with E-state index in [2.05, 4.69) is 14.9 Å². The van der Waals surface area contributed by atoms with Crippen molar-refractivity contribution >= 4 is 57.0 Å². The van der Waals surface area contributed by atoms with Crippen molar-refractivity contribution < 1.29 is 22.8 Å². The molecule has 1 aliphatic heterocycles. The minimum absolute atomic E-state index is 0.128. The molecule has 4 rings (SSSR count). The second kappa shape index (κ2) is 12.8. The summed E-state index contributed by atoms with van der Waals surface area (Å²) in [5.41, 5.74) is 9.61. The molecule has 3 aromatic rings. The van der Waals surface area contributed by atoms with E-state index >= 15 is 0 Å². The van der Waals surface area contributed by atoms with Crippen molar-refractivity contribution in [2.24, 2.45) is 20.2 Å². The van der Waals surface area contributed by atoms with Crippen LogP contribution in [0.2, 0.25) is 10.0 Å². The number of guanidine groups is 2. The molecule has 0 radical (unpaired) electrons. The van der Waals surface area contributed by atoms with E-state index in [1.807, 2.05) is 42.5 Å². The molecule has 0 saturated carbocycles. The van der Waals surface area contributed by atoms with Crippen LogP contribution < -0.4 is 11.2 Å². The van der Waals surface area contributed by atoms with E-state index in [9.17, 15) is 13.2 Å². The summed E-state index contributed by atoms with van der Waals surface area (Å²) in [6.07, 6.45) is -1.07. The van der Waals surface area contributed by atoms with Crippen LogP contribution in [0.4, 0.5) is 4.79 Å². The highest BCUT2D eigenvalue weighted by atomic mass is 35.5. The molecule has 3 aromatic carbocycles. The Balaban J connectivity index is 1.75. The minimum atomic E-state index is -4.31. The van der Waals surface area contributed by atoms with E-state index in [0.29, 0.717) is 15.8 Å². The fourth-order valence-electron chi connectivity index (χ4n) is 3.84. The molecule has 11 nitrogen and oxygen atoms in total. The highest BCUT2D eigenvalue weighted by Gasteiger charge is 2.33. The predicted molar refractivity (Wildman–Crippen MR) is 162 cm³/mol.